The van der Waals surface area contributed by atoms with E-state index in [9.17, 15) is 13.2 Å². The van der Waals surface area contributed by atoms with E-state index in [0.717, 1.165) is 32.1 Å². The number of nitrogens with one attached hydrogen (secondary N) is 1. The molecule has 2 fully saturated rings. The molecule has 1 aromatic carbocycles. The van der Waals surface area contributed by atoms with Crippen molar-refractivity contribution >= 4 is 15.9 Å². The lowest BCUT2D eigenvalue weighted by Gasteiger charge is -2.36. The number of benzene rings is 1. The smallest absolute Gasteiger partial charge is 0.253 e. The van der Waals surface area contributed by atoms with Crippen molar-refractivity contribution < 1.29 is 13.2 Å². The summed E-state index contributed by atoms with van der Waals surface area (Å²) in [7, 11) is -1.61. The van der Waals surface area contributed by atoms with Crippen LogP contribution in [0.2, 0.25) is 0 Å². The minimum atomic E-state index is -3.46. The van der Waals surface area contributed by atoms with Gasteiger partial charge in [-0.25, -0.2) is 13.1 Å². The zero-order valence-electron chi connectivity index (χ0n) is 14.4. The third kappa shape index (κ3) is 3.81. The Bertz CT molecular complexity index is 695. The monoisotopic (exact) mass is 350 g/mol. The van der Waals surface area contributed by atoms with E-state index in [-0.39, 0.29) is 22.9 Å². The molecule has 1 aromatic rings. The molecule has 2 atom stereocenters. The standard InChI is InChI=1S/C18H26N2O3S/c1-13-5-3-4-6-17(13)20(2)18(21)14-7-11-16(12-8-14)24(22,23)19-15-9-10-15/h7-8,11-13,15,17,19H,3-6,9-10H2,1-2H3. The van der Waals surface area contributed by atoms with E-state index in [1.54, 1.807) is 12.1 Å². The van der Waals surface area contributed by atoms with Gasteiger partial charge in [0.25, 0.3) is 5.91 Å². The highest BCUT2D eigenvalue weighted by Gasteiger charge is 2.30. The van der Waals surface area contributed by atoms with Crippen molar-refractivity contribution in [3.05, 3.63) is 29.8 Å². The first-order valence-corrected chi connectivity index (χ1v) is 10.3. The molecule has 0 heterocycles. The molecule has 2 saturated carbocycles. The SMILES string of the molecule is CC1CCCCC1N(C)C(=O)c1ccc(S(=O)(=O)NC2CC2)cc1. The topological polar surface area (TPSA) is 66.5 Å². The second-order valence-electron chi connectivity index (χ2n) is 7.17. The Kier molecular flexibility index (Phi) is 4.97. The van der Waals surface area contributed by atoms with Crippen molar-refractivity contribution in [1.29, 1.82) is 0 Å². The van der Waals surface area contributed by atoms with Gasteiger partial charge in [0.05, 0.1) is 4.90 Å². The first-order chi connectivity index (χ1) is 11.4. The normalized spacial score (nSPS) is 24.6. The second kappa shape index (κ2) is 6.84. The van der Waals surface area contributed by atoms with Gasteiger partial charge >= 0.3 is 0 Å². The molecule has 1 N–H and O–H groups in total. The summed E-state index contributed by atoms with van der Waals surface area (Å²) in [6, 6.07) is 6.63. The molecule has 0 saturated heterocycles. The summed E-state index contributed by atoms with van der Waals surface area (Å²) in [4.78, 5) is 14.8. The molecule has 0 spiro atoms. The van der Waals surface area contributed by atoms with Gasteiger partial charge < -0.3 is 4.90 Å². The Morgan fingerprint density at radius 1 is 1.08 bits per heavy atom. The summed E-state index contributed by atoms with van der Waals surface area (Å²) in [5.41, 5.74) is 0.542. The number of hydrogen-bond donors (Lipinski definition) is 1. The van der Waals surface area contributed by atoms with Crippen LogP contribution < -0.4 is 4.72 Å². The van der Waals surface area contributed by atoms with E-state index in [1.165, 1.54) is 18.6 Å². The molecule has 0 bridgehead atoms. The largest absolute Gasteiger partial charge is 0.338 e. The first kappa shape index (κ1) is 17.4. The lowest BCUT2D eigenvalue weighted by atomic mass is 9.85. The molecule has 1 amide bonds. The fraction of sp³-hybridized carbons (Fsp3) is 0.611. The van der Waals surface area contributed by atoms with Crippen LogP contribution in [-0.4, -0.2) is 38.4 Å². The molecule has 0 radical (unpaired) electrons. The molecule has 5 nitrogen and oxygen atoms in total. The maximum absolute atomic E-state index is 12.7. The Balaban J connectivity index is 1.71. The summed E-state index contributed by atoms with van der Waals surface area (Å²) >= 11 is 0. The van der Waals surface area contributed by atoms with Gasteiger partial charge in [0.2, 0.25) is 10.0 Å². The minimum absolute atomic E-state index is 0.0344. The minimum Gasteiger partial charge on any atom is -0.338 e. The molecule has 2 unspecified atom stereocenters. The summed E-state index contributed by atoms with van der Waals surface area (Å²) in [6.45, 7) is 2.20. The van der Waals surface area contributed by atoms with Gasteiger partial charge in [0.15, 0.2) is 0 Å². The van der Waals surface area contributed by atoms with Crippen LogP contribution in [-0.2, 0) is 10.0 Å². The second-order valence-corrected chi connectivity index (χ2v) is 8.88. The average molecular weight is 350 g/mol. The third-order valence-corrected chi connectivity index (χ3v) is 6.73. The van der Waals surface area contributed by atoms with Crippen LogP contribution in [0.5, 0.6) is 0 Å². The summed E-state index contributed by atoms with van der Waals surface area (Å²) in [5, 5.41) is 0. The quantitative estimate of drug-likeness (QED) is 0.888. The highest BCUT2D eigenvalue weighted by molar-refractivity contribution is 7.89. The molecule has 6 heteroatoms. The van der Waals surface area contributed by atoms with Gasteiger partial charge in [-0.3, -0.25) is 4.79 Å². The molecule has 2 aliphatic rings. The van der Waals surface area contributed by atoms with Gasteiger partial charge in [0, 0.05) is 24.7 Å². The molecule has 0 aliphatic heterocycles. The Morgan fingerprint density at radius 2 is 1.71 bits per heavy atom. The fourth-order valence-electron chi connectivity index (χ4n) is 3.49. The van der Waals surface area contributed by atoms with Crippen molar-refractivity contribution in [2.75, 3.05) is 7.05 Å². The van der Waals surface area contributed by atoms with Crippen LogP contribution >= 0.6 is 0 Å². The highest BCUT2D eigenvalue weighted by atomic mass is 32.2. The number of amides is 1. The van der Waals surface area contributed by atoms with E-state index in [0.29, 0.717) is 11.5 Å². The van der Waals surface area contributed by atoms with Gasteiger partial charge in [0.1, 0.15) is 0 Å². The van der Waals surface area contributed by atoms with Crippen molar-refractivity contribution in [2.45, 2.75) is 62.4 Å². The number of nitrogens with zero attached hydrogens (tertiary/aromatic N) is 1. The maximum atomic E-state index is 12.7. The Hall–Kier alpha value is -1.40. The van der Waals surface area contributed by atoms with E-state index in [2.05, 4.69) is 11.6 Å². The van der Waals surface area contributed by atoms with Crippen LogP contribution in [0.3, 0.4) is 0 Å². The van der Waals surface area contributed by atoms with Crippen LogP contribution in [0.4, 0.5) is 0 Å². The summed E-state index contributed by atoms with van der Waals surface area (Å²) in [5.74, 6) is 0.475. The molecule has 132 valence electrons. The first-order valence-electron chi connectivity index (χ1n) is 8.78. The number of hydrogen-bond acceptors (Lipinski definition) is 3. The number of sulfonamides is 1. The van der Waals surface area contributed by atoms with Crippen molar-refractivity contribution in [2.24, 2.45) is 5.92 Å². The molecular weight excluding hydrogens is 324 g/mol. The highest BCUT2D eigenvalue weighted by Crippen LogP contribution is 2.28. The fourth-order valence-corrected chi connectivity index (χ4v) is 4.80. The predicted molar refractivity (Wildman–Crippen MR) is 93.3 cm³/mol. The van der Waals surface area contributed by atoms with Crippen molar-refractivity contribution in [3.8, 4) is 0 Å². The van der Waals surface area contributed by atoms with Crippen molar-refractivity contribution in [3.63, 3.8) is 0 Å². The average Bonchev–Trinajstić information content (AvgIpc) is 3.37. The van der Waals surface area contributed by atoms with Crippen molar-refractivity contribution in [1.82, 2.24) is 9.62 Å². The van der Waals surface area contributed by atoms with Crippen LogP contribution in [0, 0.1) is 5.92 Å². The van der Waals surface area contributed by atoms with E-state index in [1.807, 2.05) is 11.9 Å². The van der Waals surface area contributed by atoms with Gasteiger partial charge in [-0.15, -0.1) is 0 Å². The summed E-state index contributed by atoms with van der Waals surface area (Å²) in [6.07, 6.45) is 6.41. The number of carbonyl (C=O) groups is 1. The van der Waals surface area contributed by atoms with Crippen LogP contribution in [0.25, 0.3) is 0 Å². The number of carbonyl (C=O) groups excluding carboxylic acids is 1. The lowest BCUT2D eigenvalue weighted by Crippen LogP contribution is -2.42. The van der Waals surface area contributed by atoms with Crippen LogP contribution in [0.1, 0.15) is 55.8 Å². The predicted octanol–water partition coefficient (Wildman–Crippen LogP) is 2.78. The molecule has 24 heavy (non-hydrogen) atoms. The third-order valence-electron chi connectivity index (χ3n) is 5.19. The molecule has 2 aliphatic carbocycles. The van der Waals surface area contributed by atoms with E-state index < -0.39 is 10.0 Å². The van der Waals surface area contributed by atoms with E-state index >= 15 is 0 Å². The maximum Gasteiger partial charge on any atom is 0.253 e. The zero-order chi connectivity index (χ0) is 17.3. The molecular formula is C18H26N2O3S. The number of rotatable bonds is 5. The van der Waals surface area contributed by atoms with Crippen LogP contribution in [0.15, 0.2) is 29.2 Å². The lowest BCUT2D eigenvalue weighted by molar-refractivity contribution is 0.0629. The Morgan fingerprint density at radius 3 is 2.29 bits per heavy atom. The van der Waals surface area contributed by atoms with E-state index in [4.69, 9.17) is 0 Å². The van der Waals surface area contributed by atoms with Gasteiger partial charge in [-0.05, 0) is 55.9 Å². The summed E-state index contributed by atoms with van der Waals surface area (Å²) < 4.78 is 27.0. The molecule has 0 aromatic heterocycles. The Labute approximate surface area is 144 Å². The molecule has 3 rings (SSSR count). The zero-order valence-corrected chi connectivity index (χ0v) is 15.2. The van der Waals surface area contributed by atoms with Gasteiger partial charge in [-0.1, -0.05) is 19.8 Å². The van der Waals surface area contributed by atoms with Gasteiger partial charge in [-0.2, -0.15) is 0 Å².